The number of fused-ring (bicyclic) bond motifs is 3. The minimum absolute atomic E-state index is 0.266. The number of likely N-dealkylation sites (N-methyl/N-ethyl adjacent to an activating group) is 1. The molecular formula is C25H29F3N6O2. The van der Waals surface area contributed by atoms with Crippen LogP contribution in [0.5, 0.6) is 11.5 Å². The van der Waals surface area contributed by atoms with Gasteiger partial charge in [-0.1, -0.05) is 12.1 Å². The highest BCUT2D eigenvalue weighted by molar-refractivity contribution is 5.83. The van der Waals surface area contributed by atoms with Crippen LogP contribution in [0.2, 0.25) is 0 Å². The van der Waals surface area contributed by atoms with Crippen molar-refractivity contribution in [3.63, 3.8) is 0 Å². The first kappa shape index (κ1) is 23.2. The summed E-state index contributed by atoms with van der Waals surface area (Å²) in [5.41, 5.74) is 2.84. The summed E-state index contributed by atoms with van der Waals surface area (Å²) in [5.74, 6) is 1.21. The van der Waals surface area contributed by atoms with Gasteiger partial charge < -0.3 is 24.6 Å². The Hall–Kier alpha value is -3.21. The second-order valence-corrected chi connectivity index (χ2v) is 10.0. The summed E-state index contributed by atoms with van der Waals surface area (Å²) >= 11 is 0. The first-order valence-electron chi connectivity index (χ1n) is 12.4. The van der Waals surface area contributed by atoms with Crippen LogP contribution in [0.4, 0.5) is 24.7 Å². The zero-order chi connectivity index (χ0) is 24.9. The highest BCUT2D eigenvalue weighted by Gasteiger charge is 2.39. The standard InChI is InChI=1S/C25H29F3N6O2/c1-32-12-13-35-21-20(32)22(33-11-3-6-24(16-33)7-9-29-10-8-24)31-34-19(15-30-23(21)34)17-4-2-5-18(14-17)36-25(26,27)28/h2,4-5,14-15,29H,3,6-13,16H2,1H3. The number of imidazole rings is 1. The minimum Gasteiger partial charge on any atom is -0.486 e. The quantitative estimate of drug-likeness (QED) is 0.579. The number of hydrogen-bond acceptors (Lipinski definition) is 7. The first-order valence-corrected chi connectivity index (χ1v) is 12.4. The molecule has 5 heterocycles. The van der Waals surface area contributed by atoms with Crippen molar-refractivity contribution in [2.24, 2.45) is 5.41 Å². The van der Waals surface area contributed by atoms with E-state index in [0.29, 0.717) is 29.3 Å². The molecule has 6 rings (SSSR count). The molecule has 0 aliphatic carbocycles. The van der Waals surface area contributed by atoms with Gasteiger partial charge in [0, 0.05) is 25.7 Å². The third-order valence-corrected chi connectivity index (χ3v) is 7.61. The van der Waals surface area contributed by atoms with E-state index in [2.05, 4.69) is 24.8 Å². The molecule has 36 heavy (non-hydrogen) atoms. The number of anilines is 2. The van der Waals surface area contributed by atoms with Crippen molar-refractivity contribution in [2.75, 3.05) is 56.2 Å². The van der Waals surface area contributed by atoms with E-state index < -0.39 is 6.36 Å². The van der Waals surface area contributed by atoms with Crippen LogP contribution >= 0.6 is 0 Å². The number of hydrogen-bond donors (Lipinski definition) is 1. The van der Waals surface area contributed by atoms with E-state index in [1.165, 1.54) is 24.6 Å². The van der Waals surface area contributed by atoms with E-state index in [1.807, 2.05) is 7.05 Å². The maximum absolute atomic E-state index is 12.8. The van der Waals surface area contributed by atoms with E-state index in [9.17, 15) is 13.2 Å². The van der Waals surface area contributed by atoms with Gasteiger partial charge in [0.15, 0.2) is 17.2 Å². The summed E-state index contributed by atoms with van der Waals surface area (Å²) in [6.07, 6.45) is 1.45. The van der Waals surface area contributed by atoms with Gasteiger partial charge in [0.1, 0.15) is 18.0 Å². The molecule has 1 N–H and O–H groups in total. The molecule has 2 fully saturated rings. The molecular weight excluding hydrogens is 473 g/mol. The molecule has 0 radical (unpaired) electrons. The van der Waals surface area contributed by atoms with Crippen LogP contribution in [0, 0.1) is 5.41 Å². The number of halogens is 3. The Kier molecular flexibility index (Phi) is 5.62. The van der Waals surface area contributed by atoms with Crippen LogP contribution in [0.25, 0.3) is 16.9 Å². The van der Waals surface area contributed by atoms with E-state index >= 15 is 0 Å². The average Bonchev–Trinajstić information content (AvgIpc) is 3.28. The lowest BCUT2D eigenvalue weighted by atomic mass is 9.73. The molecule has 8 nitrogen and oxygen atoms in total. The van der Waals surface area contributed by atoms with Crippen molar-refractivity contribution in [1.82, 2.24) is 19.9 Å². The topological polar surface area (TPSA) is 67.2 Å². The second kappa shape index (κ2) is 8.72. The van der Waals surface area contributed by atoms with Crippen LogP contribution in [-0.4, -0.2) is 67.3 Å². The summed E-state index contributed by atoms with van der Waals surface area (Å²) in [6.45, 7) is 5.15. The number of benzene rings is 1. The Balaban J connectivity index is 1.46. The smallest absolute Gasteiger partial charge is 0.486 e. The summed E-state index contributed by atoms with van der Waals surface area (Å²) in [6, 6.07) is 5.90. The fourth-order valence-corrected chi connectivity index (χ4v) is 5.84. The SMILES string of the molecule is CN1CCOc2c1c(N1CCCC3(CCNCC3)C1)nn1c(-c3cccc(OC(F)(F)F)c3)cnc21. The fraction of sp³-hybridized carbons (Fsp3) is 0.520. The lowest BCUT2D eigenvalue weighted by Crippen LogP contribution is -2.49. The molecule has 0 atom stereocenters. The third-order valence-electron chi connectivity index (χ3n) is 7.61. The van der Waals surface area contributed by atoms with E-state index in [1.54, 1.807) is 16.8 Å². The molecule has 11 heteroatoms. The molecule has 0 saturated carbocycles. The van der Waals surface area contributed by atoms with Crippen LogP contribution in [0.3, 0.4) is 0 Å². The summed E-state index contributed by atoms with van der Waals surface area (Å²) in [5, 5.41) is 8.54. The highest BCUT2D eigenvalue weighted by Crippen LogP contribution is 2.46. The van der Waals surface area contributed by atoms with E-state index in [-0.39, 0.29) is 11.2 Å². The number of ether oxygens (including phenoxy) is 2. The number of nitrogens with zero attached hydrogens (tertiary/aromatic N) is 5. The van der Waals surface area contributed by atoms with Gasteiger partial charge >= 0.3 is 6.36 Å². The molecule has 3 aliphatic rings. The van der Waals surface area contributed by atoms with Gasteiger partial charge in [-0.15, -0.1) is 18.3 Å². The van der Waals surface area contributed by atoms with Crippen molar-refractivity contribution < 1.29 is 22.6 Å². The van der Waals surface area contributed by atoms with Gasteiger partial charge in [-0.25, -0.2) is 9.50 Å². The van der Waals surface area contributed by atoms with Gasteiger partial charge in [0.2, 0.25) is 0 Å². The number of alkyl halides is 3. The molecule has 1 spiro atoms. The summed E-state index contributed by atoms with van der Waals surface area (Å²) in [4.78, 5) is 9.11. The number of nitrogens with one attached hydrogen (secondary N) is 1. The van der Waals surface area contributed by atoms with Crippen molar-refractivity contribution in [3.8, 4) is 22.8 Å². The Morgan fingerprint density at radius 1 is 1.14 bits per heavy atom. The van der Waals surface area contributed by atoms with Crippen molar-refractivity contribution in [2.45, 2.75) is 32.0 Å². The monoisotopic (exact) mass is 502 g/mol. The van der Waals surface area contributed by atoms with E-state index in [4.69, 9.17) is 9.84 Å². The molecule has 3 aliphatic heterocycles. The predicted molar refractivity (Wildman–Crippen MR) is 130 cm³/mol. The van der Waals surface area contributed by atoms with Gasteiger partial charge in [0.25, 0.3) is 0 Å². The fourth-order valence-electron chi connectivity index (χ4n) is 5.84. The highest BCUT2D eigenvalue weighted by atomic mass is 19.4. The predicted octanol–water partition coefficient (Wildman–Crippen LogP) is 4.09. The van der Waals surface area contributed by atoms with Crippen molar-refractivity contribution in [3.05, 3.63) is 30.5 Å². The zero-order valence-corrected chi connectivity index (χ0v) is 20.1. The lowest BCUT2D eigenvalue weighted by molar-refractivity contribution is -0.274. The van der Waals surface area contributed by atoms with Gasteiger partial charge in [-0.05, 0) is 56.3 Å². The number of piperidine rings is 2. The van der Waals surface area contributed by atoms with Gasteiger partial charge in [-0.2, -0.15) is 0 Å². The summed E-state index contributed by atoms with van der Waals surface area (Å²) < 4.78 is 50.4. The Morgan fingerprint density at radius 2 is 1.97 bits per heavy atom. The Morgan fingerprint density at radius 3 is 2.78 bits per heavy atom. The third kappa shape index (κ3) is 4.19. The lowest BCUT2D eigenvalue weighted by Gasteiger charge is -2.46. The van der Waals surface area contributed by atoms with Crippen LogP contribution in [0.1, 0.15) is 25.7 Å². The molecule has 0 unspecified atom stereocenters. The Bertz CT molecular complexity index is 1270. The summed E-state index contributed by atoms with van der Waals surface area (Å²) in [7, 11) is 2.04. The van der Waals surface area contributed by atoms with Crippen molar-refractivity contribution in [1.29, 1.82) is 0 Å². The van der Waals surface area contributed by atoms with Gasteiger partial charge in [-0.3, -0.25) is 0 Å². The first-order chi connectivity index (χ1) is 17.3. The maximum Gasteiger partial charge on any atom is 0.573 e. The number of rotatable bonds is 3. The van der Waals surface area contributed by atoms with Gasteiger partial charge in [0.05, 0.1) is 18.4 Å². The maximum atomic E-state index is 12.8. The Labute approximate surface area is 207 Å². The normalized spacial score (nSPS) is 19.9. The average molecular weight is 503 g/mol. The molecule has 1 aromatic carbocycles. The molecule has 192 valence electrons. The number of aromatic nitrogens is 3. The van der Waals surface area contributed by atoms with Crippen molar-refractivity contribution >= 4 is 17.2 Å². The molecule has 3 aromatic rings. The van der Waals surface area contributed by atoms with Crippen LogP contribution in [-0.2, 0) is 0 Å². The second-order valence-electron chi connectivity index (χ2n) is 10.0. The van der Waals surface area contributed by atoms with Crippen LogP contribution < -0.4 is 24.6 Å². The molecule has 2 saturated heterocycles. The molecule has 0 bridgehead atoms. The van der Waals surface area contributed by atoms with E-state index in [0.717, 1.165) is 63.5 Å². The molecule has 2 aromatic heterocycles. The largest absolute Gasteiger partial charge is 0.573 e. The van der Waals surface area contributed by atoms with Crippen LogP contribution in [0.15, 0.2) is 30.5 Å². The minimum atomic E-state index is -4.76. The molecule has 0 amide bonds. The zero-order valence-electron chi connectivity index (χ0n) is 20.1.